The first-order valence-corrected chi connectivity index (χ1v) is 4.65. The van der Waals surface area contributed by atoms with E-state index in [1.54, 1.807) is 0 Å². The largest absolute Gasteiger partial charge is 0.454 e. The smallest absolute Gasteiger partial charge is 0.231 e. The van der Waals surface area contributed by atoms with Crippen LogP contribution in [0.1, 0.15) is 11.5 Å². The summed E-state index contributed by atoms with van der Waals surface area (Å²) in [7, 11) is 0. The van der Waals surface area contributed by atoms with E-state index in [1.807, 2.05) is 18.2 Å². The lowest BCUT2D eigenvalue weighted by Gasteiger charge is -2.12. The van der Waals surface area contributed by atoms with E-state index in [1.165, 1.54) is 0 Å². The van der Waals surface area contributed by atoms with Crippen LogP contribution in [0.5, 0.6) is 11.5 Å². The molecule has 76 valence electrons. The third kappa shape index (κ3) is 1.54. The lowest BCUT2D eigenvalue weighted by molar-refractivity contribution is 0.174. The zero-order valence-electron chi connectivity index (χ0n) is 7.90. The van der Waals surface area contributed by atoms with Crippen LogP contribution in [0.15, 0.2) is 18.2 Å². The summed E-state index contributed by atoms with van der Waals surface area (Å²) in [5.41, 5.74) is 12.3. The first-order chi connectivity index (χ1) is 6.85. The van der Waals surface area contributed by atoms with Crippen LogP contribution in [-0.2, 0) is 0 Å². The summed E-state index contributed by atoms with van der Waals surface area (Å²) in [6, 6.07) is 5.83. The van der Waals surface area contributed by atoms with Crippen LogP contribution in [-0.4, -0.2) is 19.9 Å². The molecule has 1 aliphatic heterocycles. The average Bonchev–Trinajstić information content (AvgIpc) is 2.66. The Bertz CT molecular complexity index is 324. The number of benzene rings is 1. The van der Waals surface area contributed by atoms with Crippen LogP contribution in [0.25, 0.3) is 0 Å². The van der Waals surface area contributed by atoms with E-state index in [0.717, 1.165) is 17.1 Å². The molecule has 0 saturated heterocycles. The van der Waals surface area contributed by atoms with Gasteiger partial charge in [-0.25, -0.2) is 0 Å². The summed E-state index contributed by atoms with van der Waals surface area (Å²) < 4.78 is 10.5. The van der Waals surface area contributed by atoms with Gasteiger partial charge in [0.1, 0.15) is 0 Å². The number of nitrogens with two attached hydrogens (primary N) is 2. The Balaban J connectivity index is 2.27. The van der Waals surface area contributed by atoms with Gasteiger partial charge < -0.3 is 20.9 Å². The molecule has 1 aromatic rings. The summed E-state index contributed by atoms with van der Waals surface area (Å²) >= 11 is 0. The molecule has 1 aliphatic rings. The molecule has 0 spiro atoms. The molecule has 0 unspecified atom stereocenters. The van der Waals surface area contributed by atoms with Crippen LogP contribution in [0.4, 0.5) is 0 Å². The monoisotopic (exact) mass is 194 g/mol. The van der Waals surface area contributed by atoms with Gasteiger partial charge in [0.25, 0.3) is 0 Å². The molecule has 0 amide bonds. The van der Waals surface area contributed by atoms with Crippen molar-refractivity contribution >= 4 is 0 Å². The van der Waals surface area contributed by atoms with E-state index < -0.39 is 0 Å². The van der Waals surface area contributed by atoms with Gasteiger partial charge >= 0.3 is 0 Å². The Hall–Kier alpha value is -1.26. The van der Waals surface area contributed by atoms with Crippen molar-refractivity contribution in [2.75, 3.05) is 19.9 Å². The summed E-state index contributed by atoms with van der Waals surface area (Å²) in [4.78, 5) is 0. The minimum Gasteiger partial charge on any atom is -0.454 e. The molecular weight excluding hydrogens is 180 g/mol. The van der Waals surface area contributed by atoms with E-state index in [9.17, 15) is 0 Å². The molecule has 4 N–H and O–H groups in total. The highest BCUT2D eigenvalue weighted by Crippen LogP contribution is 2.34. The Morgan fingerprint density at radius 1 is 1.14 bits per heavy atom. The highest BCUT2D eigenvalue weighted by molar-refractivity contribution is 5.45. The fraction of sp³-hybridized carbons (Fsp3) is 0.400. The van der Waals surface area contributed by atoms with Gasteiger partial charge in [-0.2, -0.15) is 0 Å². The maximum absolute atomic E-state index is 5.61. The Labute approximate surface area is 82.8 Å². The van der Waals surface area contributed by atoms with E-state index in [4.69, 9.17) is 20.9 Å². The van der Waals surface area contributed by atoms with Crippen molar-refractivity contribution in [3.8, 4) is 11.5 Å². The van der Waals surface area contributed by atoms with Gasteiger partial charge in [-0.1, -0.05) is 6.07 Å². The van der Waals surface area contributed by atoms with E-state index in [-0.39, 0.29) is 5.92 Å². The van der Waals surface area contributed by atoms with Crippen molar-refractivity contribution in [1.82, 2.24) is 0 Å². The third-order valence-corrected chi connectivity index (χ3v) is 2.44. The Morgan fingerprint density at radius 2 is 1.86 bits per heavy atom. The predicted octanol–water partition coefficient (Wildman–Crippen LogP) is 0.416. The molecule has 0 aromatic heterocycles. The van der Waals surface area contributed by atoms with Crippen molar-refractivity contribution in [2.24, 2.45) is 11.5 Å². The van der Waals surface area contributed by atoms with Crippen molar-refractivity contribution in [3.05, 3.63) is 23.8 Å². The van der Waals surface area contributed by atoms with Gasteiger partial charge in [0, 0.05) is 19.0 Å². The number of rotatable bonds is 3. The van der Waals surface area contributed by atoms with Gasteiger partial charge in [-0.15, -0.1) is 0 Å². The second-order valence-electron chi connectivity index (χ2n) is 3.28. The minimum absolute atomic E-state index is 0.199. The van der Waals surface area contributed by atoms with E-state index >= 15 is 0 Å². The molecule has 0 aliphatic carbocycles. The van der Waals surface area contributed by atoms with Crippen molar-refractivity contribution in [3.63, 3.8) is 0 Å². The SMILES string of the molecule is NCC(CN)c1ccc2c(c1)OCO2. The molecule has 1 aromatic carbocycles. The van der Waals surface area contributed by atoms with Crippen molar-refractivity contribution < 1.29 is 9.47 Å². The van der Waals surface area contributed by atoms with Crippen LogP contribution in [0, 0.1) is 0 Å². The normalized spacial score (nSPS) is 13.6. The lowest BCUT2D eigenvalue weighted by atomic mass is 9.99. The first kappa shape index (κ1) is 9.30. The first-order valence-electron chi connectivity index (χ1n) is 4.65. The van der Waals surface area contributed by atoms with Gasteiger partial charge in [0.05, 0.1) is 0 Å². The molecule has 2 rings (SSSR count). The lowest BCUT2D eigenvalue weighted by Crippen LogP contribution is -2.21. The zero-order chi connectivity index (χ0) is 9.97. The molecule has 4 nitrogen and oxygen atoms in total. The summed E-state index contributed by atoms with van der Waals surface area (Å²) in [6.07, 6.45) is 0. The van der Waals surface area contributed by atoms with E-state index in [2.05, 4.69) is 0 Å². The van der Waals surface area contributed by atoms with Gasteiger partial charge in [0.15, 0.2) is 11.5 Å². The molecule has 0 saturated carbocycles. The highest BCUT2D eigenvalue weighted by Gasteiger charge is 2.16. The highest BCUT2D eigenvalue weighted by atomic mass is 16.7. The standard InChI is InChI=1S/C10H14N2O2/c11-4-8(5-12)7-1-2-9-10(3-7)14-6-13-9/h1-3,8H,4-6,11-12H2. The zero-order valence-corrected chi connectivity index (χ0v) is 7.90. The van der Waals surface area contributed by atoms with Crippen molar-refractivity contribution in [2.45, 2.75) is 5.92 Å². The number of ether oxygens (including phenoxy) is 2. The van der Waals surface area contributed by atoms with E-state index in [0.29, 0.717) is 19.9 Å². The molecule has 0 bridgehead atoms. The van der Waals surface area contributed by atoms with Gasteiger partial charge in [-0.3, -0.25) is 0 Å². The Kier molecular flexibility index (Phi) is 2.56. The number of hydrogen-bond donors (Lipinski definition) is 2. The van der Waals surface area contributed by atoms with Crippen LogP contribution < -0.4 is 20.9 Å². The fourth-order valence-corrected chi connectivity index (χ4v) is 1.54. The molecule has 0 atom stereocenters. The second-order valence-corrected chi connectivity index (χ2v) is 3.28. The summed E-state index contributed by atoms with van der Waals surface area (Å²) in [5.74, 6) is 1.78. The average molecular weight is 194 g/mol. The molecular formula is C10H14N2O2. The fourth-order valence-electron chi connectivity index (χ4n) is 1.54. The molecule has 0 fully saturated rings. The van der Waals surface area contributed by atoms with Crippen LogP contribution in [0.2, 0.25) is 0 Å². The quantitative estimate of drug-likeness (QED) is 0.731. The van der Waals surface area contributed by atoms with Gasteiger partial charge in [0.2, 0.25) is 6.79 Å². The molecule has 0 radical (unpaired) electrons. The van der Waals surface area contributed by atoms with Crippen molar-refractivity contribution in [1.29, 1.82) is 0 Å². The third-order valence-electron chi connectivity index (χ3n) is 2.44. The number of fused-ring (bicyclic) bond motifs is 1. The Morgan fingerprint density at radius 3 is 2.57 bits per heavy atom. The maximum atomic E-state index is 5.61. The minimum atomic E-state index is 0.199. The summed E-state index contributed by atoms with van der Waals surface area (Å²) in [6.45, 7) is 1.40. The van der Waals surface area contributed by atoms with Crippen LogP contribution in [0.3, 0.4) is 0 Å². The number of hydrogen-bond acceptors (Lipinski definition) is 4. The second kappa shape index (κ2) is 3.86. The van der Waals surface area contributed by atoms with Crippen LogP contribution >= 0.6 is 0 Å². The van der Waals surface area contributed by atoms with Gasteiger partial charge in [-0.05, 0) is 17.7 Å². The summed E-state index contributed by atoms with van der Waals surface area (Å²) in [5, 5.41) is 0. The maximum Gasteiger partial charge on any atom is 0.231 e. The topological polar surface area (TPSA) is 70.5 Å². The molecule has 4 heteroatoms. The predicted molar refractivity (Wildman–Crippen MR) is 53.4 cm³/mol. The molecule has 1 heterocycles. The molecule has 14 heavy (non-hydrogen) atoms.